The number of rotatable bonds is 6. The number of pyridine rings is 1. The van der Waals surface area contributed by atoms with Crippen LogP contribution in [0, 0.1) is 18.3 Å². The SMILES string of the molecule is CCOC(=O)Cc1c(C)c(Sc2ccc(S(C)(=O)=O)cc2)c2ccc(C#N)cn12. The maximum absolute atomic E-state index is 12.1. The van der Waals surface area contributed by atoms with Crippen molar-refractivity contribution < 1.29 is 17.9 Å². The fourth-order valence-corrected chi connectivity index (χ4v) is 4.73. The van der Waals surface area contributed by atoms with Gasteiger partial charge in [0, 0.05) is 27.9 Å². The molecule has 0 saturated heterocycles. The van der Waals surface area contributed by atoms with Crippen LogP contribution in [0.1, 0.15) is 23.7 Å². The Hall–Kier alpha value is -2.76. The largest absolute Gasteiger partial charge is 0.466 e. The third-order valence-electron chi connectivity index (χ3n) is 4.46. The zero-order valence-electron chi connectivity index (χ0n) is 16.3. The molecule has 2 aromatic heterocycles. The van der Waals surface area contributed by atoms with Crippen molar-refractivity contribution in [3.8, 4) is 6.07 Å². The molecule has 2 heterocycles. The van der Waals surface area contributed by atoms with Crippen LogP contribution in [0.4, 0.5) is 0 Å². The first-order valence-corrected chi connectivity index (χ1v) is 11.6. The number of fused-ring (bicyclic) bond motifs is 1. The number of nitrogens with zero attached hydrogens (tertiary/aromatic N) is 2. The number of ether oxygens (including phenoxy) is 1. The molecule has 0 aliphatic heterocycles. The van der Waals surface area contributed by atoms with Crippen LogP contribution in [-0.4, -0.2) is 31.7 Å². The van der Waals surface area contributed by atoms with E-state index in [1.54, 1.807) is 43.5 Å². The number of carbonyl (C=O) groups is 1. The highest BCUT2D eigenvalue weighted by Crippen LogP contribution is 2.37. The van der Waals surface area contributed by atoms with Crippen molar-refractivity contribution in [2.45, 2.75) is 35.0 Å². The summed E-state index contributed by atoms with van der Waals surface area (Å²) in [5.74, 6) is -0.327. The lowest BCUT2D eigenvalue weighted by Gasteiger charge is -2.05. The summed E-state index contributed by atoms with van der Waals surface area (Å²) in [5, 5.41) is 9.25. The van der Waals surface area contributed by atoms with Gasteiger partial charge in [-0.15, -0.1) is 0 Å². The Labute approximate surface area is 174 Å². The molecule has 0 bridgehead atoms. The van der Waals surface area contributed by atoms with E-state index < -0.39 is 9.84 Å². The molecule has 0 aliphatic rings. The molecule has 8 heteroatoms. The molecule has 0 radical (unpaired) electrons. The van der Waals surface area contributed by atoms with Gasteiger partial charge in [-0.1, -0.05) is 11.8 Å². The topological polar surface area (TPSA) is 88.6 Å². The van der Waals surface area contributed by atoms with E-state index in [-0.39, 0.29) is 17.3 Å². The van der Waals surface area contributed by atoms with Crippen LogP contribution in [0.5, 0.6) is 0 Å². The molecule has 0 atom stereocenters. The summed E-state index contributed by atoms with van der Waals surface area (Å²) in [4.78, 5) is 14.2. The standard InChI is InChI=1S/C21H20N2O4S2/c1-4-27-20(24)11-19-14(2)21(18-10-5-15(12-22)13-23(18)19)28-16-6-8-17(9-7-16)29(3,25)26/h5-10,13H,4,11H2,1-3H3. The molecular formula is C21H20N2O4S2. The van der Waals surface area contributed by atoms with Crippen LogP contribution in [0.3, 0.4) is 0 Å². The van der Waals surface area contributed by atoms with E-state index in [0.717, 1.165) is 26.6 Å². The average Bonchev–Trinajstić information content (AvgIpc) is 2.93. The normalized spacial score (nSPS) is 11.4. The van der Waals surface area contributed by atoms with Crippen molar-refractivity contribution in [2.75, 3.05) is 12.9 Å². The summed E-state index contributed by atoms with van der Waals surface area (Å²) in [6.07, 6.45) is 2.99. The van der Waals surface area contributed by atoms with E-state index in [2.05, 4.69) is 6.07 Å². The van der Waals surface area contributed by atoms with Crippen molar-refractivity contribution in [3.63, 3.8) is 0 Å². The van der Waals surface area contributed by atoms with Crippen LogP contribution in [0.15, 0.2) is 57.3 Å². The fourth-order valence-electron chi connectivity index (χ4n) is 3.05. The smallest absolute Gasteiger partial charge is 0.311 e. The quantitative estimate of drug-likeness (QED) is 0.555. The number of benzene rings is 1. The second-order valence-corrected chi connectivity index (χ2v) is 9.61. The van der Waals surface area contributed by atoms with Gasteiger partial charge in [-0.25, -0.2) is 8.42 Å². The maximum atomic E-state index is 12.1. The summed E-state index contributed by atoms with van der Waals surface area (Å²) in [7, 11) is -3.25. The summed E-state index contributed by atoms with van der Waals surface area (Å²) >= 11 is 1.49. The van der Waals surface area contributed by atoms with Gasteiger partial charge in [0.05, 0.1) is 29.0 Å². The van der Waals surface area contributed by atoms with Crippen LogP contribution in [0.2, 0.25) is 0 Å². The molecule has 0 saturated carbocycles. The van der Waals surface area contributed by atoms with Crippen LogP contribution in [0.25, 0.3) is 5.52 Å². The monoisotopic (exact) mass is 428 g/mol. The predicted octanol–water partition coefficient (Wildman–Crippen LogP) is 3.78. The molecule has 3 rings (SSSR count). The van der Waals surface area contributed by atoms with Gasteiger partial charge in [0.1, 0.15) is 6.07 Å². The lowest BCUT2D eigenvalue weighted by atomic mass is 10.2. The van der Waals surface area contributed by atoms with Crippen LogP contribution < -0.4 is 0 Å². The van der Waals surface area contributed by atoms with E-state index in [0.29, 0.717) is 12.2 Å². The molecule has 0 amide bonds. The van der Waals surface area contributed by atoms with Crippen molar-refractivity contribution in [1.29, 1.82) is 5.26 Å². The van der Waals surface area contributed by atoms with Crippen molar-refractivity contribution in [3.05, 3.63) is 59.4 Å². The molecule has 6 nitrogen and oxygen atoms in total. The minimum absolute atomic E-state index is 0.100. The zero-order valence-corrected chi connectivity index (χ0v) is 17.9. The third kappa shape index (κ3) is 4.47. The van der Waals surface area contributed by atoms with E-state index in [4.69, 9.17) is 4.74 Å². The number of hydrogen-bond donors (Lipinski definition) is 0. The highest BCUT2D eigenvalue weighted by molar-refractivity contribution is 7.99. The molecule has 150 valence electrons. The van der Waals surface area contributed by atoms with Gasteiger partial charge < -0.3 is 9.14 Å². The molecule has 29 heavy (non-hydrogen) atoms. The lowest BCUT2D eigenvalue weighted by Crippen LogP contribution is -2.10. The summed E-state index contributed by atoms with van der Waals surface area (Å²) in [5.41, 5.74) is 3.06. The fraction of sp³-hybridized carbons (Fsp3) is 0.238. The molecule has 0 N–H and O–H groups in total. The van der Waals surface area contributed by atoms with Gasteiger partial charge in [0.2, 0.25) is 0 Å². The first kappa shape index (κ1) is 21.0. The second kappa shape index (κ2) is 8.31. The van der Waals surface area contributed by atoms with Gasteiger partial charge in [-0.05, 0) is 55.8 Å². The summed E-state index contributed by atoms with van der Waals surface area (Å²) in [6, 6.07) is 12.4. The number of aromatic nitrogens is 1. The summed E-state index contributed by atoms with van der Waals surface area (Å²) < 4.78 is 30.3. The minimum Gasteiger partial charge on any atom is -0.466 e. The Morgan fingerprint density at radius 3 is 2.48 bits per heavy atom. The van der Waals surface area contributed by atoms with Crippen molar-refractivity contribution in [2.24, 2.45) is 0 Å². The zero-order chi connectivity index (χ0) is 21.2. The third-order valence-corrected chi connectivity index (χ3v) is 6.82. The minimum atomic E-state index is -3.25. The summed E-state index contributed by atoms with van der Waals surface area (Å²) in [6.45, 7) is 4.00. The molecule has 0 unspecified atom stereocenters. The number of sulfone groups is 1. The Morgan fingerprint density at radius 2 is 1.90 bits per heavy atom. The Kier molecular flexibility index (Phi) is 6.01. The molecule has 1 aromatic carbocycles. The van der Waals surface area contributed by atoms with E-state index in [1.165, 1.54) is 18.0 Å². The van der Waals surface area contributed by atoms with Gasteiger partial charge >= 0.3 is 5.97 Å². The average molecular weight is 429 g/mol. The Bertz CT molecular complexity index is 1220. The van der Waals surface area contributed by atoms with Gasteiger partial charge in [-0.3, -0.25) is 4.79 Å². The molecule has 0 spiro atoms. The predicted molar refractivity (Wildman–Crippen MR) is 111 cm³/mol. The number of hydrogen-bond acceptors (Lipinski definition) is 6. The Balaban J connectivity index is 2.06. The van der Waals surface area contributed by atoms with Crippen LogP contribution in [-0.2, 0) is 25.8 Å². The van der Waals surface area contributed by atoms with Crippen molar-refractivity contribution >= 4 is 33.1 Å². The molecule has 0 aliphatic carbocycles. The first-order valence-electron chi connectivity index (χ1n) is 8.91. The van der Waals surface area contributed by atoms with E-state index >= 15 is 0 Å². The van der Waals surface area contributed by atoms with Crippen LogP contribution >= 0.6 is 11.8 Å². The van der Waals surface area contributed by atoms with Gasteiger partial charge in [0.15, 0.2) is 9.84 Å². The highest BCUT2D eigenvalue weighted by atomic mass is 32.2. The van der Waals surface area contributed by atoms with E-state index in [9.17, 15) is 18.5 Å². The molecule has 0 fully saturated rings. The van der Waals surface area contributed by atoms with Gasteiger partial charge in [-0.2, -0.15) is 5.26 Å². The number of nitriles is 1. The van der Waals surface area contributed by atoms with Crippen molar-refractivity contribution in [1.82, 2.24) is 4.40 Å². The highest BCUT2D eigenvalue weighted by Gasteiger charge is 2.19. The first-order chi connectivity index (χ1) is 13.7. The van der Waals surface area contributed by atoms with Gasteiger partial charge in [0.25, 0.3) is 0 Å². The maximum Gasteiger partial charge on any atom is 0.311 e. The van der Waals surface area contributed by atoms with E-state index in [1.807, 2.05) is 17.4 Å². The molecule has 3 aromatic rings. The Morgan fingerprint density at radius 1 is 1.21 bits per heavy atom. The number of carbonyl (C=O) groups excluding carboxylic acids is 1. The molecular weight excluding hydrogens is 408 g/mol. The number of esters is 1. The lowest BCUT2D eigenvalue weighted by molar-refractivity contribution is -0.142. The second-order valence-electron chi connectivity index (χ2n) is 6.51.